The average Bonchev–Trinajstić information content (AvgIpc) is 3.10. The number of halogens is 2. The fraction of sp³-hybridized carbons (Fsp3) is 0.389. The summed E-state index contributed by atoms with van der Waals surface area (Å²) in [7, 11) is 1.53. The number of piperidine rings is 1. The number of nitrogens with one attached hydrogen (secondary N) is 3. The molecule has 0 saturated carbocycles. The monoisotopic (exact) mass is 428 g/mol. The lowest BCUT2D eigenvalue weighted by Crippen LogP contribution is -2.51. The van der Waals surface area contributed by atoms with Gasteiger partial charge in [0.05, 0.1) is 5.69 Å². The minimum absolute atomic E-state index is 0. The molecule has 1 aromatic carbocycles. The van der Waals surface area contributed by atoms with E-state index in [9.17, 15) is 14.0 Å². The second-order valence-electron chi connectivity index (χ2n) is 6.32. The molecule has 1 fully saturated rings. The normalized spacial score (nSPS) is 15.4. The Kier molecular flexibility index (Phi) is 7.48. The first-order valence-electron chi connectivity index (χ1n) is 8.54. The lowest BCUT2D eigenvalue weighted by atomic mass is 9.91. The molecule has 0 spiro atoms. The second-order valence-corrected chi connectivity index (χ2v) is 7.17. The molecule has 2 amide bonds. The molecule has 7 nitrogen and oxygen atoms in total. The fourth-order valence-electron chi connectivity index (χ4n) is 3.02. The van der Waals surface area contributed by atoms with Crippen LogP contribution < -0.4 is 16.0 Å². The third-order valence-corrected chi connectivity index (χ3v) is 5.26. The van der Waals surface area contributed by atoms with Crippen LogP contribution in [0.2, 0.25) is 0 Å². The Hall–Kier alpha value is -2.07. The van der Waals surface area contributed by atoms with Crippen LogP contribution in [0.3, 0.4) is 0 Å². The van der Waals surface area contributed by atoms with E-state index >= 15 is 0 Å². The summed E-state index contributed by atoms with van der Waals surface area (Å²) in [6.07, 6.45) is 1.15. The second kappa shape index (κ2) is 9.42. The highest BCUT2D eigenvalue weighted by Gasteiger charge is 2.40. The van der Waals surface area contributed by atoms with E-state index in [1.807, 2.05) is 0 Å². The van der Waals surface area contributed by atoms with Crippen LogP contribution in [-0.2, 0) is 14.3 Å². The van der Waals surface area contributed by atoms with Crippen molar-refractivity contribution in [3.63, 3.8) is 0 Å². The summed E-state index contributed by atoms with van der Waals surface area (Å²) in [5.74, 6) is -1.02. The van der Waals surface area contributed by atoms with Gasteiger partial charge >= 0.3 is 0 Å². The van der Waals surface area contributed by atoms with Crippen molar-refractivity contribution >= 4 is 46.4 Å². The number of hydrogen-bond donors (Lipinski definition) is 3. The van der Waals surface area contributed by atoms with Gasteiger partial charge < -0.3 is 15.4 Å². The van der Waals surface area contributed by atoms with Crippen molar-refractivity contribution < 1.29 is 18.7 Å². The van der Waals surface area contributed by atoms with Crippen LogP contribution in [0.5, 0.6) is 0 Å². The van der Waals surface area contributed by atoms with E-state index < -0.39 is 11.4 Å². The zero-order chi connectivity index (χ0) is 19.4. The van der Waals surface area contributed by atoms with E-state index in [4.69, 9.17) is 4.74 Å². The number of anilines is 2. The molecular weight excluding hydrogens is 407 g/mol. The van der Waals surface area contributed by atoms with E-state index in [-0.39, 0.29) is 24.2 Å². The van der Waals surface area contributed by atoms with Gasteiger partial charge in [-0.05, 0) is 44.1 Å². The predicted octanol–water partition coefficient (Wildman–Crippen LogP) is 3.04. The number of methoxy groups -OCH3 is 1. The highest BCUT2D eigenvalue weighted by atomic mass is 35.5. The first-order valence-corrected chi connectivity index (χ1v) is 9.42. The summed E-state index contributed by atoms with van der Waals surface area (Å²) in [4.78, 5) is 28.1. The molecule has 3 rings (SSSR count). The van der Waals surface area contributed by atoms with Gasteiger partial charge in [0.25, 0.3) is 5.91 Å². The van der Waals surface area contributed by atoms with Crippen LogP contribution in [0.4, 0.5) is 15.2 Å². The number of ether oxygens (including phenoxy) is 1. The van der Waals surface area contributed by atoms with Gasteiger partial charge in [0, 0.05) is 30.7 Å². The maximum absolute atomic E-state index is 14.4. The third kappa shape index (κ3) is 4.85. The summed E-state index contributed by atoms with van der Waals surface area (Å²) < 4.78 is 19.9. The summed E-state index contributed by atoms with van der Waals surface area (Å²) in [6.45, 7) is 2.77. The Morgan fingerprint density at radius 3 is 2.61 bits per heavy atom. The van der Waals surface area contributed by atoms with E-state index in [2.05, 4.69) is 20.9 Å². The maximum atomic E-state index is 14.4. The number of carbonyl (C=O) groups excluding carboxylic acids is 2. The minimum atomic E-state index is -0.873. The molecule has 0 unspecified atom stereocenters. The number of benzene rings is 1. The van der Waals surface area contributed by atoms with Crippen molar-refractivity contribution in [3.05, 3.63) is 29.4 Å². The summed E-state index contributed by atoms with van der Waals surface area (Å²) in [5, 5.41) is 10.6. The van der Waals surface area contributed by atoms with Gasteiger partial charge in [-0.1, -0.05) is 0 Å². The van der Waals surface area contributed by atoms with Gasteiger partial charge in [0.2, 0.25) is 5.91 Å². The maximum Gasteiger partial charge on any atom is 0.258 e. The summed E-state index contributed by atoms with van der Waals surface area (Å²) in [5.41, 5.74) is 0.214. The van der Waals surface area contributed by atoms with Crippen molar-refractivity contribution in [3.8, 4) is 11.3 Å². The topological polar surface area (TPSA) is 92.3 Å². The van der Waals surface area contributed by atoms with Gasteiger partial charge in [0.15, 0.2) is 5.13 Å². The quantitative estimate of drug-likeness (QED) is 0.680. The molecule has 152 valence electrons. The zero-order valence-electron chi connectivity index (χ0n) is 15.5. The number of rotatable bonds is 5. The van der Waals surface area contributed by atoms with Gasteiger partial charge in [-0.3, -0.25) is 14.9 Å². The van der Waals surface area contributed by atoms with Crippen molar-refractivity contribution in [1.82, 2.24) is 10.3 Å². The predicted molar refractivity (Wildman–Crippen MR) is 110 cm³/mol. The van der Waals surface area contributed by atoms with Gasteiger partial charge in [-0.2, -0.15) is 0 Å². The lowest BCUT2D eigenvalue weighted by Gasteiger charge is -2.34. The Morgan fingerprint density at radius 2 is 2.00 bits per heavy atom. The molecule has 10 heteroatoms. The Labute approximate surface area is 172 Å². The lowest BCUT2D eigenvalue weighted by molar-refractivity contribution is -0.140. The van der Waals surface area contributed by atoms with Crippen LogP contribution in [0, 0.1) is 5.82 Å². The molecule has 2 aromatic rings. The van der Waals surface area contributed by atoms with Crippen LogP contribution in [0.15, 0.2) is 23.6 Å². The van der Waals surface area contributed by atoms with Crippen molar-refractivity contribution in [2.75, 3.05) is 30.8 Å². The van der Waals surface area contributed by atoms with Crippen LogP contribution in [-0.4, -0.2) is 42.6 Å². The standard InChI is InChI=1S/C18H21FN4O3S.ClH/c1-11(24)21-12-3-4-13(14(19)9-12)15-10-27-17(22-15)23-16(25)18(26-2)5-7-20-8-6-18;/h3-4,9-10,20H,5-8H2,1-2H3,(H,21,24)(H,22,23,25);1H. The average molecular weight is 429 g/mol. The number of hydrogen-bond acceptors (Lipinski definition) is 6. The molecule has 1 aliphatic heterocycles. The molecule has 0 atom stereocenters. The minimum Gasteiger partial charge on any atom is -0.368 e. The van der Waals surface area contributed by atoms with Gasteiger partial charge in [-0.25, -0.2) is 9.37 Å². The van der Waals surface area contributed by atoms with E-state index in [1.54, 1.807) is 17.5 Å². The number of amides is 2. The number of nitrogens with zero attached hydrogens (tertiary/aromatic N) is 1. The van der Waals surface area contributed by atoms with Gasteiger partial charge in [0.1, 0.15) is 11.4 Å². The SMILES string of the molecule is COC1(C(=O)Nc2nc(-c3ccc(NC(C)=O)cc3F)cs2)CCNCC1.Cl. The molecule has 1 aliphatic rings. The van der Waals surface area contributed by atoms with E-state index in [0.717, 1.165) is 0 Å². The largest absolute Gasteiger partial charge is 0.368 e. The third-order valence-electron chi connectivity index (χ3n) is 4.51. The molecule has 28 heavy (non-hydrogen) atoms. The smallest absolute Gasteiger partial charge is 0.258 e. The molecule has 1 saturated heterocycles. The zero-order valence-corrected chi connectivity index (χ0v) is 17.1. The number of carbonyl (C=O) groups is 2. The van der Waals surface area contributed by atoms with Crippen molar-refractivity contribution in [2.24, 2.45) is 0 Å². The molecule has 0 radical (unpaired) electrons. The Morgan fingerprint density at radius 1 is 1.29 bits per heavy atom. The highest BCUT2D eigenvalue weighted by molar-refractivity contribution is 7.14. The summed E-state index contributed by atoms with van der Waals surface area (Å²) in [6, 6.07) is 4.39. The first kappa shape index (κ1) is 22.2. The molecule has 2 heterocycles. The van der Waals surface area contributed by atoms with E-state index in [0.29, 0.717) is 48.0 Å². The molecular formula is C18H22ClFN4O3S. The van der Waals surface area contributed by atoms with Gasteiger partial charge in [-0.15, -0.1) is 23.7 Å². The molecule has 1 aromatic heterocycles. The van der Waals surface area contributed by atoms with Crippen LogP contribution >= 0.6 is 23.7 Å². The first-order chi connectivity index (χ1) is 12.9. The number of thiazole rings is 1. The molecule has 0 aliphatic carbocycles. The number of aromatic nitrogens is 1. The summed E-state index contributed by atoms with van der Waals surface area (Å²) >= 11 is 1.22. The van der Waals surface area contributed by atoms with Crippen molar-refractivity contribution in [1.29, 1.82) is 0 Å². The Bertz CT molecular complexity index is 855. The fourth-order valence-corrected chi connectivity index (χ4v) is 3.73. The van der Waals surface area contributed by atoms with Crippen LogP contribution in [0.1, 0.15) is 19.8 Å². The van der Waals surface area contributed by atoms with Crippen LogP contribution in [0.25, 0.3) is 11.3 Å². The molecule has 0 bridgehead atoms. The Balaban J connectivity index is 0.00000280. The highest BCUT2D eigenvalue weighted by Crippen LogP contribution is 2.30. The molecule has 3 N–H and O–H groups in total. The van der Waals surface area contributed by atoms with E-state index in [1.165, 1.54) is 31.4 Å². The van der Waals surface area contributed by atoms with Crippen molar-refractivity contribution in [2.45, 2.75) is 25.4 Å².